The highest BCUT2D eigenvalue weighted by Gasteiger charge is 2.32. The summed E-state index contributed by atoms with van der Waals surface area (Å²) in [5.74, 6) is 0.609. The molecule has 1 unspecified atom stereocenters. The topological polar surface area (TPSA) is 38.1 Å². The molecule has 5 heteroatoms. The van der Waals surface area contributed by atoms with Gasteiger partial charge in [0.15, 0.2) is 0 Å². The van der Waals surface area contributed by atoms with Crippen molar-refractivity contribution in [2.75, 3.05) is 6.54 Å². The predicted octanol–water partition coefficient (Wildman–Crippen LogP) is 4.97. The number of carbonyl (C=O) groups excluding carboxylic acids is 1. The Morgan fingerprint density at radius 3 is 2.88 bits per heavy atom. The van der Waals surface area contributed by atoms with Crippen LogP contribution in [0.2, 0.25) is 5.02 Å². The van der Waals surface area contributed by atoms with Crippen molar-refractivity contribution < 1.29 is 4.79 Å². The van der Waals surface area contributed by atoms with Gasteiger partial charge in [-0.05, 0) is 62.6 Å². The molecule has 2 aromatic rings. The van der Waals surface area contributed by atoms with Gasteiger partial charge >= 0.3 is 0 Å². The van der Waals surface area contributed by atoms with Crippen molar-refractivity contribution in [1.29, 1.82) is 0 Å². The third kappa shape index (κ3) is 2.96. The molecule has 2 heterocycles. The Balaban J connectivity index is 1.73. The molecule has 2 aliphatic rings. The van der Waals surface area contributed by atoms with Gasteiger partial charge in [0.1, 0.15) is 0 Å². The highest BCUT2D eigenvalue weighted by Crippen LogP contribution is 2.37. The maximum absolute atomic E-state index is 13.4. The fourth-order valence-corrected chi connectivity index (χ4v) is 4.39. The Hall–Kier alpha value is -2.07. The molecule has 0 saturated carbocycles. The van der Waals surface area contributed by atoms with E-state index < -0.39 is 0 Å². The first-order valence-electron chi connectivity index (χ1n) is 9.36. The second-order valence-corrected chi connectivity index (χ2v) is 7.76. The zero-order valence-electron chi connectivity index (χ0n) is 15.3. The molecule has 0 radical (unpaired) electrons. The van der Waals surface area contributed by atoms with Gasteiger partial charge in [0.05, 0.1) is 17.5 Å². The summed E-state index contributed by atoms with van der Waals surface area (Å²) < 4.78 is 1.78. The highest BCUT2D eigenvalue weighted by atomic mass is 35.5. The zero-order chi connectivity index (χ0) is 18.3. The number of aromatic nitrogens is 2. The maximum Gasteiger partial charge on any atom is 0.261 e. The third-order valence-corrected chi connectivity index (χ3v) is 6.04. The van der Waals surface area contributed by atoms with E-state index in [2.05, 4.69) is 11.2 Å². The lowest BCUT2D eigenvalue weighted by Gasteiger charge is -2.38. The molecule has 136 valence electrons. The summed E-state index contributed by atoms with van der Waals surface area (Å²) in [5.41, 5.74) is 4.72. The molecule has 0 N–H and O–H groups in total. The van der Waals surface area contributed by atoms with E-state index in [4.69, 9.17) is 11.6 Å². The molecule has 1 aromatic heterocycles. The monoisotopic (exact) mass is 369 g/mol. The van der Waals surface area contributed by atoms with Gasteiger partial charge < -0.3 is 4.90 Å². The molecule has 4 nitrogen and oxygen atoms in total. The van der Waals surface area contributed by atoms with Crippen molar-refractivity contribution in [3.05, 3.63) is 52.3 Å². The second kappa shape index (κ2) is 6.92. The summed E-state index contributed by atoms with van der Waals surface area (Å²) in [7, 11) is 1.88. The summed E-state index contributed by atoms with van der Waals surface area (Å²) in [5, 5.41) is 5.11. The molecule has 4 rings (SSSR count). The SMILES string of the molecule is Cc1cc(-c2c(C(=O)N3CCCC4CCCC=C43)cnn2C)ccc1Cl. The Bertz CT molecular complexity index is 883. The number of benzene rings is 1. The Labute approximate surface area is 159 Å². The summed E-state index contributed by atoms with van der Waals surface area (Å²) in [6.45, 7) is 2.78. The van der Waals surface area contributed by atoms with Crippen LogP contribution in [0.5, 0.6) is 0 Å². The minimum atomic E-state index is 0.0681. The van der Waals surface area contributed by atoms with Crippen molar-refractivity contribution in [1.82, 2.24) is 14.7 Å². The quantitative estimate of drug-likeness (QED) is 0.749. The van der Waals surface area contributed by atoms with E-state index in [0.717, 1.165) is 41.2 Å². The molecule has 1 atom stereocenters. The number of hydrogen-bond acceptors (Lipinski definition) is 2. The zero-order valence-corrected chi connectivity index (χ0v) is 16.1. The normalized spacial score (nSPS) is 19.9. The fourth-order valence-electron chi connectivity index (χ4n) is 4.27. The van der Waals surface area contributed by atoms with Crippen molar-refractivity contribution in [2.24, 2.45) is 13.0 Å². The number of fused-ring (bicyclic) bond motifs is 1. The van der Waals surface area contributed by atoms with Gasteiger partial charge in [0.25, 0.3) is 5.91 Å². The lowest BCUT2D eigenvalue weighted by atomic mass is 9.84. The Morgan fingerprint density at radius 2 is 2.08 bits per heavy atom. The molecule has 1 saturated heterocycles. The van der Waals surface area contributed by atoms with Crippen molar-refractivity contribution in [3.8, 4) is 11.3 Å². The molecule has 0 spiro atoms. The van der Waals surface area contributed by atoms with Crippen molar-refractivity contribution in [3.63, 3.8) is 0 Å². The minimum absolute atomic E-state index is 0.0681. The van der Waals surface area contributed by atoms with E-state index in [-0.39, 0.29) is 5.91 Å². The average molecular weight is 370 g/mol. The molecule has 0 bridgehead atoms. The number of rotatable bonds is 2. The largest absolute Gasteiger partial charge is 0.312 e. The highest BCUT2D eigenvalue weighted by molar-refractivity contribution is 6.31. The standard InChI is InChI=1S/C21H24ClN3O/c1-14-12-16(9-10-18(14)22)20-17(13-23-24(20)2)21(26)25-11-5-7-15-6-3-4-8-19(15)25/h8-10,12-13,15H,3-7,11H2,1-2H3. The smallest absolute Gasteiger partial charge is 0.261 e. The number of halogens is 1. The summed E-state index contributed by atoms with van der Waals surface area (Å²) in [4.78, 5) is 15.4. The number of carbonyl (C=O) groups is 1. The van der Waals surface area contributed by atoms with Crippen LogP contribution < -0.4 is 0 Å². The number of hydrogen-bond donors (Lipinski definition) is 0. The number of allylic oxidation sites excluding steroid dienone is 2. The van der Waals surface area contributed by atoms with Gasteiger partial charge in [0.2, 0.25) is 0 Å². The molecule has 1 amide bonds. The minimum Gasteiger partial charge on any atom is -0.312 e. The summed E-state index contributed by atoms with van der Waals surface area (Å²) >= 11 is 6.18. The van der Waals surface area contributed by atoms with Gasteiger partial charge in [-0.1, -0.05) is 23.7 Å². The van der Waals surface area contributed by atoms with Crippen LogP contribution in [0.3, 0.4) is 0 Å². The van der Waals surface area contributed by atoms with Crippen LogP contribution in [0.4, 0.5) is 0 Å². The van der Waals surface area contributed by atoms with Crippen LogP contribution in [0, 0.1) is 12.8 Å². The molecule has 1 aliphatic heterocycles. The van der Waals surface area contributed by atoms with E-state index in [1.807, 2.05) is 37.1 Å². The van der Waals surface area contributed by atoms with Crippen LogP contribution in [-0.2, 0) is 7.05 Å². The van der Waals surface area contributed by atoms with Gasteiger partial charge in [-0.2, -0.15) is 5.10 Å². The number of amides is 1. The lowest BCUT2D eigenvalue weighted by molar-refractivity contribution is 0.0749. The summed E-state index contributed by atoms with van der Waals surface area (Å²) in [6.07, 6.45) is 9.76. The van der Waals surface area contributed by atoms with Crippen LogP contribution in [-0.4, -0.2) is 27.1 Å². The van der Waals surface area contributed by atoms with Crippen LogP contribution in [0.25, 0.3) is 11.3 Å². The van der Waals surface area contributed by atoms with Crippen LogP contribution in [0.1, 0.15) is 48.0 Å². The number of likely N-dealkylation sites (tertiary alicyclic amines) is 1. The molecule has 1 aromatic carbocycles. The fraction of sp³-hybridized carbons (Fsp3) is 0.429. The number of aryl methyl sites for hydroxylation is 2. The lowest BCUT2D eigenvalue weighted by Crippen LogP contribution is -2.39. The Morgan fingerprint density at radius 1 is 1.27 bits per heavy atom. The first-order valence-corrected chi connectivity index (χ1v) is 9.74. The van der Waals surface area contributed by atoms with E-state index >= 15 is 0 Å². The molecule has 1 aliphatic carbocycles. The van der Waals surface area contributed by atoms with Crippen LogP contribution >= 0.6 is 11.6 Å². The Kier molecular flexibility index (Phi) is 4.62. The van der Waals surface area contributed by atoms with Gasteiger partial charge in [-0.25, -0.2) is 0 Å². The maximum atomic E-state index is 13.4. The number of nitrogens with zero attached hydrogens (tertiary/aromatic N) is 3. The van der Waals surface area contributed by atoms with Gasteiger partial charge in [-0.15, -0.1) is 0 Å². The van der Waals surface area contributed by atoms with Crippen molar-refractivity contribution >= 4 is 17.5 Å². The molecule has 26 heavy (non-hydrogen) atoms. The summed E-state index contributed by atoms with van der Waals surface area (Å²) in [6, 6.07) is 5.87. The van der Waals surface area contributed by atoms with E-state index in [1.165, 1.54) is 25.0 Å². The predicted molar refractivity (Wildman–Crippen MR) is 104 cm³/mol. The van der Waals surface area contributed by atoms with E-state index in [0.29, 0.717) is 11.5 Å². The van der Waals surface area contributed by atoms with Crippen molar-refractivity contribution in [2.45, 2.75) is 39.0 Å². The number of piperidine rings is 1. The third-order valence-electron chi connectivity index (χ3n) is 5.62. The van der Waals surface area contributed by atoms with Gasteiger partial charge in [0, 0.05) is 29.9 Å². The second-order valence-electron chi connectivity index (χ2n) is 7.35. The first-order chi connectivity index (χ1) is 12.6. The molecule has 1 fully saturated rings. The molecular weight excluding hydrogens is 346 g/mol. The van der Waals surface area contributed by atoms with E-state index in [9.17, 15) is 4.79 Å². The first kappa shape index (κ1) is 17.3. The van der Waals surface area contributed by atoms with Gasteiger partial charge in [-0.3, -0.25) is 9.48 Å². The average Bonchev–Trinajstić information content (AvgIpc) is 3.04. The molecular formula is C21H24ClN3O. The van der Waals surface area contributed by atoms with Crippen LogP contribution in [0.15, 0.2) is 36.2 Å². The van der Waals surface area contributed by atoms with E-state index in [1.54, 1.807) is 10.9 Å².